The highest BCUT2D eigenvalue weighted by Crippen LogP contribution is 2.23. The van der Waals surface area contributed by atoms with Crippen molar-refractivity contribution < 1.29 is 14.3 Å². The molecule has 0 spiro atoms. The highest BCUT2D eigenvalue weighted by atomic mass is 16.5. The van der Waals surface area contributed by atoms with Crippen LogP contribution in [-0.4, -0.2) is 43.9 Å². The molecule has 5 heteroatoms. The Morgan fingerprint density at radius 1 is 1.65 bits per heavy atom. The van der Waals surface area contributed by atoms with Crippen molar-refractivity contribution in [1.82, 2.24) is 5.32 Å². The molecule has 2 unspecified atom stereocenters. The van der Waals surface area contributed by atoms with Gasteiger partial charge in [0.2, 0.25) is 5.91 Å². The summed E-state index contributed by atoms with van der Waals surface area (Å²) < 4.78 is 10.7. The second-order valence-electron chi connectivity index (χ2n) is 5.16. The summed E-state index contributed by atoms with van der Waals surface area (Å²) in [4.78, 5) is 11.8. The Balaban J connectivity index is 2.35. The molecule has 0 bridgehead atoms. The number of hydrogen-bond donors (Lipinski definition) is 2. The number of hydrogen-bond acceptors (Lipinski definition) is 4. The van der Waals surface area contributed by atoms with E-state index in [0.29, 0.717) is 19.6 Å². The van der Waals surface area contributed by atoms with E-state index < -0.39 is 0 Å². The average Bonchev–Trinajstić information content (AvgIpc) is 2.24. The molecule has 100 valence electrons. The Bertz CT molecular complexity index is 252. The maximum atomic E-state index is 11.8. The fraction of sp³-hybridized carbons (Fsp3) is 0.917. The van der Waals surface area contributed by atoms with E-state index >= 15 is 0 Å². The summed E-state index contributed by atoms with van der Waals surface area (Å²) in [7, 11) is 1.57. The van der Waals surface area contributed by atoms with Crippen molar-refractivity contribution >= 4 is 5.91 Å². The Kier molecular flexibility index (Phi) is 5.36. The Morgan fingerprint density at radius 3 is 2.88 bits per heavy atom. The number of nitrogens with one attached hydrogen (secondary N) is 1. The lowest BCUT2D eigenvalue weighted by molar-refractivity contribution is -0.126. The first-order chi connectivity index (χ1) is 7.96. The van der Waals surface area contributed by atoms with E-state index in [9.17, 15) is 4.79 Å². The molecule has 1 rings (SSSR count). The molecule has 0 aromatic rings. The van der Waals surface area contributed by atoms with Gasteiger partial charge in [0, 0.05) is 26.3 Å². The van der Waals surface area contributed by atoms with E-state index in [0.717, 1.165) is 12.8 Å². The highest BCUT2D eigenvalue weighted by Gasteiger charge is 2.29. The van der Waals surface area contributed by atoms with Gasteiger partial charge >= 0.3 is 0 Å². The first-order valence-corrected chi connectivity index (χ1v) is 6.13. The van der Waals surface area contributed by atoms with Crippen LogP contribution in [0.5, 0.6) is 0 Å². The second kappa shape index (κ2) is 6.33. The first kappa shape index (κ1) is 14.4. The largest absolute Gasteiger partial charge is 0.380 e. The van der Waals surface area contributed by atoms with Crippen LogP contribution in [0.25, 0.3) is 0 Å². The second-order valence-corrected chi connectivity index (χ2v) is 5.16. The van der Waals surface area contributed by atoms with Crippen LogP contribution in [0.1, 0.15) is 33.1 Å². The van der Waals surface area contributed by atoms with Crippen molar-refractivity contribution in [3.05, 3.63) is 0 Å². The predicted molar refractivity (Wildman–Crippen MR) is 65.7 cm³/mol. The van der Waals surface area contributed by atoms with Crippen LogP contribution >= 0.6 is 0 Å². The molecule has 1 heterocycles. The molecule has 0 aliphatic carbocycles. The van der Waals surface area contributed by atoms with Crippen LogP contribution in [0.2, 0.25) is 0 Å². The van der Waals surface area contributed by atoms with Gasteiger partial charge in [-0.2, -0.15) is 0 Å². The summed E-state index contributed by atoms with van der Waals surface area (Å²) in [5.41, 5.74) is 5.33. The molecule has 5 nitrogen and oxygen atoms in total. The number of methoxy groups -OCH3 is 1. The molecule has 2 atom stereocenters. The first-order valence-electron chi connectivity index (χ1n) is 6.13. The highest BCUT2D eigenvalue weighted by molar-refractivity contribution is 5.76. The van der Waals surface area contributed by atoms with Gasteiger partial charge in [-0.25, -0.2) is 0 Å². The van der Waals surface area contributed by atoms with Gasteiger partial charge in [0.05, 0.1) is 18.1 Å². The zero-order valence-corrected chi connectivity index (χ0v) is 11.0. The zero-order valence-electron chi connectivity index (χ0n) is 11.0. The van der Waals surface area contributed by atoms with Crippen LogP contribution in [0.3, 0.4) is 0 Å². The lowest BCUT2D eigenvalue weighted by Crippen LogP contribution is -2.46. The number of rotatable bonds is 5. The van der Waals surface area contributed by atoms with E-state index in [1.807, 2.05) is 13.8 Å². The predicted octanol–water partition coefficient (Wildman–Crippen LogP) is 0.424. The lowest BCUT2D eigenvalue weighted by atomic mass is 9.94. The van der Waals surface area contributed by atoms with Gasteiger partial charge in [0.15, 0.2) is 0 Å². The van der Waals surface area contributed by atoms with Gasteiger partial charge in [0.25, 0.3) is 0 Å². The Morgan fingerprint density at radius 2 is 2.35 bits per heavy atom. The number of amides is 1. The number of ether oxygens (including phenoxy) is 2. The molecular weight excluding hydrogens is 220 g/mol. The smallest absolute Gasteiger partial charge is 0.222 e. The van der Waals surface area contributed by atoms with Crippen molar-refractivity contribution in [2.75, 3.05) is 20.3 Å². The van der Waals surface area contributed by atoms with Crippen molar-refractivity contribution in [2.24, 2.45) is 5.73 Å². The van der Waals surface area contributed by atoms with Crippen molar-refractivity contribution in [3.8, 4) is 0 Å². The lowest BCUT2D eigenvalue weighted by Gasteiger charge is -2.36. The number of carbonyl (C=O) groups excluding carboxylic acids is 1. The third kappa shape index (κ3) is 5.02. The standard InChI is InChI=1S/C12H24N2O3/c1-12(2)7-9(4-5-17-12)14-11(15)6-10(8-13)16-3/h9-10H,4-8,13H2,1-3H3,(H,14,15). The minimum Gasteiger partial charge on any atom is -0.380 e. The van der Waals surface area contributed by atoms with E-state index in [-0.39, 0.29) is 23.7 Å². The van der Waals surface area contributed by atoms with Gasteiger partial charge in [-0.15, -0.1) is 0 Å². The van der Waals surface area contributed by atoms with E-state index in [1.54, 1.807) is 7.11 Å². The van der Waals surface area contributed by atoms with Crippen molar-refractivity contribution in [3.63, 3.8) is 0 Å². The summed E-state index contributed by atoms with van der Waals surface area (Å²) in [5, 5.41) is 3.02. The number of carbonyl (C=O) groups is 1. The summed E-state index contributed by atoms with van der Waals surface area (Å²) in [6, 6.07) is 0.196. The fourth-order valence-electron chi connectivity index (χ4n) is 2.11. The molecule has 1 amide bonds. The van der Waals surface area contributed by atoms with Crippen LogP contribution < -0.4 is 11.1 Å². The Hall–Kier alpha value is -0.650. The third-order valence-electron chi connectivity index (χ3n) is 3.07. The monoisotopic (exact) mass is 244 g/mol. The van der Waals surface area contributed by atoms with Gasteiger partial charge < -0.3 is 20.5 Å². The minimum absolute atomic E-state index is 0.00463. The molecule has 3 N–H and O–H groups in total. The van der Waals surface area contributed by atoms with Crippen LogP contribution in [-0.2, 0) is 14.3 Å². The summed E-state index contributed by atoms with van der Waals surface area (Å²) in [6.45, 7) is 5.15. The molecule has 0 aromatic carbocycles. The molecule has 1 fully saturated rings. The maximum absolute atomic E-state index is 11.8. The Labute approximate surface area is 103 Å². The van der Waals surface area contributed by atoms with Crippen molar-refractivity contribution in [1.29, 1.82) is 0 Å². The molecule has 0 radical (unpaired) electrons. The molecular formula is C12H24N2O3. The normalized spacial score (nSPS) is 25.3. The quantitative estimate of drug-likeness (QED) is 0.735. The number of nitrogens with two attached hydrogens (primary N) is 1. The van der Waals surface area contributed by atoms with Gasteiger partial charge in [-0.1, -0.05) is 0 Å². The SMILES string of the molecule is COC(CN)CC(=O)NC1CCOC(C)(C)C1. The van der Waals surface area contributed by atoms with E-state index in [1.165, 1.54) is 0 Å². The molecule has 17 heavy (non-hydrogen) atoms. The van der Waals surface area contributed by atoms with Crippen LogP contribution in [0.4, 0.5) is 0 Å². The van der Waals surface area contributed by atoms with E-state index in [4.69, 9.17) is 15.2 Å². The molecule has 0 saturated carbocycles. The van der Waals surface area contributed by atoms with Gasteiger partial charge in [-0.3, -0.25) is 4.79 Å². The average molecular weight is 244 g/mol. The minimum atomic E-state index is -0.192. The molecule has 1 saturated heterocycles. The van der Waals surface area contributed by atoms with E-state index in [2.05, 4.69) is 5.32 Å². The van der Waals surface area contributed by atoms with Crippen LogP contribution in [0.15, 0.2) is 0 Å². The topological polar surface area (TPSA) is 73.6 Å². The maximum Gasteiger partial charge on any atom is 0.222 e. The fourth-order valence-corrected chi connectivity index (χ4v) is 2.11. The third-order valence-corrected chi connectivity index (χ3v) is 3.07. The summed E-state index contributed by atoms with van der Waals surface area (Å²) in [6.07, 6.45) is 1.85. The van der Waals surface area contributed by atoms with Gasteiger partial charge in [0.1, 0.15) is 0 Å². The van der Waals surface area contributed by atoms with Crippen molar-refractivity contribution in [2.45, 2.75) is 50.9 Å². The molecule has 1 aliphatic rings. The zero-order chi connectivity index (χ0) is 12.9. The van der Waals surface area contributed by atoms with Crippen LogP contribution in [0, 0.1) is 0 Å². The molecule has 1 aliphatic heterocycles. The summed E-state index contributed by atoms with van der Waals surface area (Å²) >= 11 is 0. The molecule has 0 aromatic heterocycles. The van der Waals surface area contributed by atoms with Gasteiger partial charge in [-0.05, 0) is 26.7 Å². The summed E-state index contributed by atoms with van der Waals surface area (Å²) in [5.74, 6) is 0.00463.